The summed E-state index contributed by atoms with van der Waals surface area (Å²) in [6.07, 6.45) is 5.79. The summed E-state index contributed by atoms with van der Waals surface area (Å²) >= 11 is 0. The highest BCUT2D eigenvalue weighted by Crippen LogP contribution is 2.32. The topological polar surface area (TPSA) is 100 Å². The van der Waals surface area contributed by atoms with Crippen LogP contribution in [0.15, 0.2) is 61.2 Å². The maximum atomic E-state index is 4.87. The maximum absolute atomic E-state index is 4.87. The predicted octanol–water partition coefficient (Wildman–Crippen LogP) is 5.08. The van der Waals surface area contributed by atoms with Gasteiger partial charge in [-0.05, 0) is 61.9 Å². The van der Waals surface area contributed by atoms with Crippen LogP contribution in [0.5, 0.6) is 0 Å². The molecule has 4 heterocycles. The van der Waals surface area contributed by atoms with Gasteiger partial charge in [0.15, 0.2) is 5.82 Å². The van der Waals surface area contributed by atoms with Gasteiger partial charge < -0.3 is 14.9 Å². The summed E-state index contributed by atoms with van der Waals surface area (Å²) in [6, 6.07) is 14.6. The number of nitrogens with one attached hydrogen (secondary N) is 3. The van der Waals surface area contributed by atoms with Gasteiger partial charge in [0.05, 0.1) is 40.0 Å². The Hall–Kier alpha value is -4.30. The molecule has 0 saturated carbocycles. The van der Waals surface area contributed by atoms with Gasteiger partial charge in [-0.1, -0.05) is 19.1 Å². The van der Waals surface area contributed by atoms with Gasteiger partial charge in [0, 0.05) is 29.9 Å². The lowest BCUT2D eigenvalue weighted by atomic mass is 10.00. The fourth-order valence-electron chi connectivity index (χ4n) is 4.52. The van der Waals surface area contributed by atoms with E-state index in [0.717, 1.165) is 74.7 Å². The van der Waals surface area contributed by atoms with E-state index in [2.05, 4.69) is 74.6 Å². The van der Waals surface area contributed by atoms with E-state index >= 15 is 0 Å². The van der Waals surface area contributed by atoms with E-state index < -0.39 is 0 Å². The first-order valence-electron chi connectivity index (χ1n) is 11.8. The molecule has 174 valence electrons. The van der Waals surface area contributed by atoms with Crippen molar-refractivity contribution < 1.29 is 0 Å². The smallest absolute Gasteiger partial charge is 0.159 e. The highest BCUT2D eigenvalue weighted by molar-refractivity contribution is 5.96. The molecule has 0 aliphatic rings. The van der Waals surface area contributed by atoms with E-state index in [1.807, 2.05) is 42.3 Å². The lowest BCUT2D eigenvalue weighted by Crippen LogP contribution is -2.13. The number of hydrogen-bond acceptors (Lipinski definition) is 5. The number of aromatic amines is 2. The number of benzene rings is 2. The molecule has 2 aromatic carbocycles. The van der Waals surface area contributed by atoms with Gasteiger partial charge in [-0.2, -0.15) is 5.10 Å². The summed E-state index contributed by atoms with van der Waals surface area (Å²) in [5.74, 6) is 0.725. The van der Waals surface area contributed by atoms with Crippen LogP contribution in [0, 0.1) is 13.8 Å². The molecule has 3 N–H and O–H groups in total. The molecule has 0 amide bonds. The Morgan fingerprint density at radius 2 is 1.97 bits per heavy atom. The van der Waals surface area contributed by atoms with Crippen LogP contribution in [0.4, 0.5) is 0 Å². The molecule has 0 spiro atoms. The third kappa shape index (κ3) is 3.77. The molecule has 0 fully saturated rings. The van der Waals surface area contributed by atoms with Crippen molar-refractivity contribution in [3.8, 4) is 28.3 Å². The first kappa shape index (κ1) is 21.2. The standard InChI is InChI=1S/C27H26N8/c1-4-28-12-19-10-16(2)21(13-29-19)18-8-9-22-20(11-18)25(34-33-22)27-31-23-6-5-7-24(26(23)32-27)35-14-17(3)30-15-35/h5-11,13-15,28H,4,12H2,1-3H3,(H,31,32)(H,33,34). The first-order valence-corrected chi connectivity index (χ1v) is 11.8. The Balaban J connectivity index is 1.43. The highest BCUT2D eigenvalue weighted by atomic mass is 15.1. The molecule has 8 heteroatoms. The van der Waals surface area contributed by atoms with Crippen molar-refractivity contribution >= 4 is 21.9 Å². The molecule has 0 saturated heterocycles. The van der Waals surface area contributed by atoms with E-state index in [0.29, 0.717) is 0 Å². The van der Waals surface area contributed by atoms with Crippen LogP contribution in [-0.4, -0.2) is 41.2 Å². The fourth-order valence-corrected chi connectivity index (χ4v) is 4.52. The first-order chi connectivity index (χ1) is 17.1. The monoisotopic (exact) mass is 462 g/mol. The average Bonchev–Trinajstić information content (AvgIpc) is 3.59. The molecule has 4 aromatic heterocycles. The van der Waals surface area contributed by atoms with Crippen molar-refractivity contribution in [3.05, 3.63) is 78.1 Å². The van der Waals surface area contributed by atoms with E-state index in [1.54, 1.807) is 0 Å². The molecular weight excluding hydrogens is 436 g/mol. The lowest BCUT2D eigenvalue weighted by molar-refractivity contribution is 0.710. The summed E-state index contributed by atoms with van der Waals surface area (Å²) in [5.41, 5.74) is 10.0. The third-order valence-electron chi connectivity index (χ3n) is 6.31. The summed E-state index contributed by atoms with van der Waals surface area (Å²) in [4.78, 5) is 17.4. The molecule has 0 aliphatic carbocycles. The zero-order valence-electron chi connectivity index (χ0n) is 19.9. The number of aryl methyl sites for hydroxylation is 2. The second-order valence-electron chi connectivity index (χ2n) is 8.78. The zero-order chi connectivity index (χ0) is 23.9. The molecule has 0 radical (unpaired) electrons. The largest absolute Gasteiger partial charge is 0.335 e. The summed E-state index contributed by atoms with van der Waals surface area (Å²) in [6.45, 7) is 7.91. The second kappa shape index (κ2) is 8.48. The summed E-state index contributed by atoms with van der Waals surface area (Å²) in [7, 11) is 0. The Bertz CT molecular complexity index is 1670. The van der Waals surface area contributed by atoms with Gasteiger partial charge >= 0.3 is 0 Å². The van der Waals surface area contributed by atoms with Crippen molar-refractivity contribution in [3.63, 3.8) is 0 Å². The predicted molar refractivity (Wildman–Crippen MR) is 138 cm³/mol. The van der Waals surface area contributed by atoms with Gasteiger partial charge in [0.2, 0.25) is 0 Å². The van der Waals surface area contributed by atoms with Crippen molar-refractivity contribution in [2.45, 2.75) is 27.3 Å². The Morgan fingerprint density at radius 3 is 2.77 bits per heavy atom. The van der Waals surface area contributed by atoms with Gasteiger partial charge in [-0.15, -0.1) is 0 Å². The van der Waals surface area contributed by atoms with Crippen LogP contribution < -0.4 is 5.32 Å². The minimum atomic E-state index is 0.725. The molecule has 0 bridgehead atoms. The third-order valence-corrected chi connectivity index (χ3v) is 6.31. The van der Waals surface area contributed by atoms with Crippen LogP contribution in [0.2, 0.25) is 0 Å². The molecule has 35 heavy (non-hydrogen) atoms. The Morgan fingerprint density at radius 1 is 1.06 bits per heavy atom. The number of imidazole rings is 2. The number of fused-ring (bicyclic) bond motifs is 2. The number of hydrogen-bond donors (Lipinski definition) is 3. The lowest BCUT2D eigenvalue weighted by Gasteiger charge is -2.09. The van der Waals surface area contributed by atoms with E-state index in [1.165, 1.54) is 5.56 Å². The van der Waals surface area contributed by atoms with Crippen molar-refractivity contribution in [2.75, 3.05) is 6.54 Å². The maximum Gasteiger partial charge on any atom is 0.159 e. The van der Waals surface area contributed by atoms with Gasteiger partial charge in [0.25, 0.3) is 0 Å². The number of rotatable bonds is 6. The quantitative estimate of drug-likeness (QED) is 0.320. The SMILES string of the molecule is CCNCc1cc(C)c(-c2ccc3[nH]nc(-c4nc5cccc(-n6cnc(C)c6)c5[nH]4)c3c2)cn1. The normalized spacial score (nSPS) is 11.6. The van der Waals surface area contributed by atoms with Gasteiger partial charge in [0.1, 0.15) is 5.69 Å². The van der Waals surface area contributed by atoms with Crippen LogP contribution in [-0.2, 0) is 6.54 Å². The van der Waals surface area contributed by atoms with E-state index in [9.17, 15) is 0 Å². The van der Waals surface area contributed by atoms with E-state index in [-0.39, 0.29) is 0 Å². The van der Waals surface area contributed by atoms with Gasteiger partial charge in [-0.3, -0.25) is 10.1 Å². The highest BCUT2D eigenvalue weighted by Gasteiger charge is 2.16. The van der Waals surface area contributed by atoms with Crippen LogP contribution >= 0.6 is 0 Å². The molecule has 8 nitrogen and oxygen atoms in total. The summed E-state index contributed by atoms with van der Waals surface area (Å²) < 4.78 is 2.01. The molecule has 0 aliphatic heterocycles. The van der Waals surface area contributed by atoms with Crippen molar-refractivity contribution in [1.29, 1.82) is 0 Å². The molecule has 6 aromatic rings. The minimum absolute atomic E-state index is 0.725. The number of aromatic nitrogens is 7. The zero-order valence-corrected chi connectivity index (χ0v) is 19.9. The Labute approximate surface area is 202 Å². The fraction of sp³-hybridized carbons (Fsp3) is 0.185. The Kier molecular flexibility index (Phi) is 5.15. The average molecular weight is 463 g/mol. The minimum Gasteiger partial charge on any atom is -0.335 e. The number of pyridine rings is 1. The number of H-pyrrole nitrogens is 2. The number of nitrogens with zero attached hydrogens (tertiary/aromatic N) is 5. The van der Waals surface area contributed by atoms with Crippen molar-refractivity contribution in [2.24, 2.45) is 0 Å². The van der Waals surface area contributed by atoms with Crippen LogP contribution in [0.3, 0.4) is 0 Å². The molecule has 6 rings (SSSR count). The van der Waals surface area contributed by atoms with Crippen LogP contribution in [0.1, 0.15) is 23.9 Å². The molecule has 0 atom stereocenters. The van der Waals surface area contributed by atoms with E-state index in [4.69, 9.17) is 4.98 Å². The molecular formula is C27H26N8. The van der Waals surface area contributed by atoms with Gasteiger partial charge in [-0.25, -0.2) is 9.97 Å². The number of para-hydroxylation sites is 1. The summed E-state index contributed by atoms with van der Waals surface area (Å²) in [5, 5.41) is 12.1. The second-order valence-corrected chi connectivity index (χ2v) is 8.78. The van der Waals surface area contributed by atoms with Crippen molar-refractivity contribution in [1.82, 2.24) is 40.0 Å². The molecule has 0 unspecified atom stereocenters. The van der Waals surface area contributed by atoms with Crippen LogP contribution in [0.25, 0.3) is 50.3 Å².